The van der Waals surface area contributed by atoms with Crippen molar-refractivity contribution < 1.29 is 9.90 Å². The molecule has 0 aromatic rings. The standard InChI is InChI=1S/C18H29NO2/c1-12(19-4-2-3-16(19)8-17(20)21)18-9-13-5-14(10-18)7-15(6-13)11-18/h12-16H,2-11H2,1H3,(H,20,21). The zero-order chi connectivity index (χ0) is 14.6. The fraction of sp³-hybridized carbons (Fsp3) is 0.944. The van der Waals surface area contributed by atoms with Gasteiger partial charge in [0, 0.05) is 12.1 Å². The molecule has 5 aliphatic rings. The highest BCUT2D eigenvalue weighted by Crippen LogP contribution is 2.62. The van der Waals surface area contributed by atoms with Crippen molar-refractivity contribution in [1.29, 1.82) is 0 Å². The van der Waals surface area contributed by atoms with Crippen molar-refractivity contribution in [1.82, 2.24) is 4.90 Å². The van der Waals surface area contributed by atoms with E-state index in [2.05, 4.69) is 11.8 Å². The van der Waals surface area contributed by atoms with Crippen LogP contribution < -0.4 is 0 Å². The molecule has 21 heavy (non-hydrogen) atoms. The highest BCUT2D eigenvalue weighted by Gasteiger charge is 2.54. The Morgan fingerprint density at radius 1 is 1.19 bits per heavy atom. The molecule has 2 atom stereocenters. The van der Waals surface area contributed by atoms with E-state index in [0.29, 0.717) is 23.9 Å². The SMILES string of the molecule is CC(N1CCCC1CC(=O)O)C12CC3CC(CC(C3)C1)C2. The van der Waals surface area contributed by atoms with Crippen LogP contribution in [-0.2, 0) is 4.79 Å². The zero-order valence-corrected chi connectivity index (χ0v) is 13.3. The number of carboxylic acid groups (broad SMARTS) is 1. The number of carbonyl (C=O) groups is 1. The van der Waals surface area contributed by atoms with E-state index in [4.69, 9.17) is 0 Å². The van der Waals surface area contributed by atoms with Crippen molar-refractivity contribution in [2.45, 2.75) is 76.8 Å². The molecule has 1 aliphatic heterocycles. The van der Waals surface area contributed by atoms with E-state index in [1.165, 1.54) is 44.9 Å². The molecule has 1 N–H and O–H groups in total. The Morgan fingerprint density at radius 3 is 2.29 bits per heavy atom. The van der Waals surface area contributed by atoms with Gasteiger partial charge >= 0.3 is 5.97 Å². The average molecular weight is 291 g/mol. The Morgan fingerprint density at radius 2 is 1.76 bits per heavy atom. The molecular formula is C18H29NO2. The van der Waals surface area contributed by atoms with Crippen molar-refractivity contribution in [2.24, 2.45) is 23.2 Å². The zero-order valence-electron chi connectivity index (χ0n) is 13.3. The van der Waals surface area contributed by atoms with E-state index in [1.54, 1.807) is 0 Å². The Balaban J connectivity index is 1.54. The first-order chi connectivity index (χ1) is 10.1. The smallest absolute Gasteiger partial charge is 0.304 e. The third kappa shape index (κ3) is 2.32. The van der Waals surface area contributed by atoms with Gasteiger partial charge in [-0.15, -0.1) is 0 Å². The first kappa shape index (κ1) is 14.0. The summed E-state index contributed by atoms with van der Waals surface area (Å²) in [5, 5.41) is 9.18. The Kier molecular flexibility index (Phi) is 3.33. The van der Waals surface area contributed by atoms with Crippen molar-refractivity contribution in [3.63, 3.8) is 0 Å². The molecule has 0 amide bonds. The van der Waals surface area contributed by atoms with E-state index in [-0.39, 0.29) is 0 Å². The normalized spacial score (nSPS) is 46.9. The summed E-state index contributed by atoms with van der Waals surface area (Å²) in [6.07, 6.45) is 11.4. The summed E-state index contributed by atoms with van der Waals surface area (Å²) in [5.41, 5.74) is 0.524. The molecule has 3 nitrogen and oxygen atoms in total. The predicted octanol–water partition coefficient (Wildman–Crippen LogP) is 3.53. The van der Waals surface area contributed by atoms with Crippen LogP contribution in [0.25, 0.3) is 0 Å². The molecule has 5 fully saturated rings. The minimum atomic E-state index is -0.621. The third-order valence-electron chi connectivity index (χ3n) is 7.30. The van der Waals surface area contributed by atoms with E-state index in [9.17, 15) is 9.90 Å². The number of rotatable bonds is 4. The monoisotopic (exact) mass is 291 g/mol. The van der Waals surface area contributed by atoms with Crippen molar-refractivity contribution >= 4 is 5.97 Å². The molecule has 0 radical (unpaired) electrons. The fourth-order valence-corrected chi connectivity index (χ4v) is 6.83. The molecule has 4 bridgehead atoms. The molecule has 0 aromatic carbocycles. The first-order valence-corrected chi connectivity index (χ1v) is 9.03. The topological polar surface area (TPSA) is 40.5 Å². The summed E-state index contributed by atoms with van der Waals surface area (Å²) in [5.74, 6) is 2.34. The minimum absolute atomic E-state index is 0.297. The number of hydrogen-bond donors (Lipinski definition) is 1. The van der Waals surface area contributed by atoms with Gasteiger partial charge in [0.1, 0.15) is 0 Å². The molecular weight excluding hydrogens is 262 g/mol. The lowest BCUT2D eigenvalue weighted by atomic mass is 9.47. The number of carboxylic acids is 1. The van der Waals surface area contributed by atoms with Crippen molar-refractivity contribution in [3.8, 4) is 0 Å². The number of hydrogen-bond acceptors (Lipinski definition) is 2. The predicted molar refractivity (Wildman–Crippen MR) is 82.0 cm³/mol. The first-order valence-electron chi connectivity index (χ1n) is 9.03. The van der Waals surface area contributed by atoms with Crippen LogP contribution in [0.4, 0.5) is 0 Å². The van der Waals surface area contributed by atoms with Gasteiger partial charge in [0.15, 0.2) is 0 Å². The lowest BCUT2D eigenvalue weighted by Crippen LogP contribution is -2.56. The van der Waals surface area contributed by atoms with Gasteiger partial charge in [0.05, 0.1) is 6.42 Å². The quantitative estimate of drug-likeness (QED) is 0.861. The van der Waals surface area contributed by atoms with Crippen molar-refractivity contribution in [3.05, 3.63) is 0 Å². The van der Waals surface area contributed by atoms with Gasteiger partial charge in [-0.05, 0) is 88.0 Å². The summed E-state index contributed by atoms with van der Waals surface area (Å²) in [6.45, 7) is 3.55. The maximum Gasteiger partial charge on any atom is 0.304 e. The molecule has 118 valence electrons. The molecule has 4 saturated carbocycles. The summed E-state index contributed by atoms with van der Waals surface area (Å²) in [7, 11) is 0. The molecule has 0 aromatic heterocycles. The van der Waals surface area contributed by atoms with Gasteiger partial charge in [-0.3, -0.25) is 9.69 Å². The fourth-order valence-electron chi connectivity index (χ4n) is 6.83. The van der Waals surface area contributed by atoms with Crippen LogP contribution in [-0.4, -0.2) is 34.6 Å². The minimum Gasteiger partial charge on any atom is -0.481 e. The second-order valence-electron chi connectivity index (χ2n) is 8.59. The van der Waals surface area contributed by atoms with Gasteiger partial charge in [-0.2, -0.15) is 0 Å². The molecule has 1 saturated heterocycles. The van der Waals surface area contributed by atoms with Gasteiger partial charge in [-0.25, -0.2) is 0 Å². The van der Waals surface area contributed by atoms with E-state index >= 15 is 0 Å². The maximum absolute atomic E-state index is 11.1. The van der Waals surface area contributed by atoms with Crippen LogP contribution in [0, 0.1) is 23.2 Å². The number of aliphatic carboxylic acids is 1. The van der Waals surface area contributed by atoms with Crippen LogP contribution >= 0.6 is 0 Å². The van der Waals surface area contributed by atoms with Crippen LogP contribution in [0.15, 0.2) is 0 Å². The number of nitrogens with zero attached hydrogens (tertiary/aromatic N) is 1. The Hall–Kier alpha value is -0.570. The second-order valence-corrected chi connectivity index (χ2v) is 8.59. The summed E-state index contributed by atoms with van der Waals surface area (Å²) in [4.78, 5) is 13.7. The van der Waals surface area contributed by atoms with Crippen LogP contribution in [0.1, 0.15) is 64.7 Å². The van der Waals surface area contributed by atoms with Gasteiger partial charge in [0.2, 0.25) is 0 Å². The highest BCUT2D eigenvalue weighted by molar-refractivity contribution is 5.67. The highest BCUT2D eigenvalue weighted by atomic mass is 16.4. The Bertz CT molecular complexity index is 398. The van der Waals surface area contributed by atoms with Crippen LogP contribution in [0.3, 0.4) is 0 Å². The lowest BCUT2D eigenvalue weighted by molar-refractivity contribution is -0.139. The maximum atomic E-state index is 11.1. The van der Waals surface area contributed by atoms with E-state index in [0.717, 1.165) is 30.7 Å². The van der Waals surface area contributed by atoms with Crippen LogP contribution in [0.2, 0.25) is 0 Å². The van der Waals surface area contributed by atoms with E-state index < -0.39 is 5.97 Å². The van der Waals surface area contributed by atoms with Gasteiger partial charge in [0.25, 0.3) is 0 Å². The molecule has 1 heterocycles. The summed E-state index contributed by atoms with van der Waals surface area (Å²) in [6, 6.07) is 0.892. The lowest BCUT2D eigenvalue weighted by Gasteiger charge is -2.60. The van der Waals surface area contributed by atoms with E-state index in [1.807, 2.05) is 0 Å². The second kappa shape index (κ2) is 4.97. The molecule has 4 aliphatic carbocycles. The molecule has 5 rings (SSSR count). The molecule has 2 unspecified atom stereocenters. The van der Waals surface area contributed by atoms with Crippen LogP contribution in [0.5, 0.6) is 0 Å². The summed E-state index contributed by atoms with van der Waals surface area (Å²) >= 11 is 0. The van der Waals surface area contributed by atoms with Gasteiger partial charge < -0.3 is 5.11 Å². The van der Waals surface area contributed by atoms with Crippen molar-refractivity contribution in [2.75, 3.05) is 6.54 Å². The van der Waals surface area contributed by atoms with Gasteiger partial charge in [-0.1, -0.05) is 0 Å². The average Bonchev–Trinajstić information content (AvgIpc) is 2.83. The summed E-state index contributed by atoms with van der Waals surface area (Å²) < 4.78 is 0. The number of likely N-dealkylation sites (tertiary alicyclic amines) is 1. The Labute approximate surface area is 128 Å². The molecule has 0 spiro atoms. The largest absolute Gasteiger partial charge is 0.481 e. The third-order valence-corrected chi connectivity index (χ3v) is 7.30. The molecule has 3 heteroatoms.